The minimum Gasteiger partial charge on any atom is -0.445 e. The Morgan fingerprint density at radius 3 is 2.50 bits per heavy atom. The summed E-state index contributed by atoms with van der Waals surface area (Å²) >= 11 is 0. The van der Waals surface area contributed by atoms with Crippen LogP contribution in [0.1, 0.15) is 19.4 Å². The van der Waals surface area contributed by atoms with Crippen molar-refractivity contribution < 1.29 is 27.8 Å². The maximum Gasteiger partial charge on any atom is 0.377 e. The van der Waals surface area contributed by atoms with Gasteiger partial charge in [-0.2, -0.15) is 0 Å². The molecule has 1 aliphatic heterocycles. The number of hydrogen-bond donors (Lipinski definition) is 0. The second-order valence-electron chi connectivity index (χ2n) is 5.34. The quantitative estimate of drug-likeness (QED) is 0.634. The highest BCUT2D eigenvalue weighted by molar-refractivity contribution is 5.97. The molecule has 0 bridgehead atoms. The van der Waals surface area contributed by atoms with Gasteiger partial charge >= 0.3 is 5.97 Å². The van der Waals surface area contributed by atoms with Gasteiger partial charge in [0.2, 0.25) is 11.5 Å². The third-order valence-corrected chi connectivity index (χ3v) is 2.93. The first kappa shape index (κ1) is 15.9. The molecule has 5 nitrogen and oxygen atoms in total. The summed E-state index contributed by atoms with van der Waals surface area (Å²) in [6, 6.07) is 3.37. The zero-order chi connectivity index (χ0) is 16.5. The fourth-order valence-corrected chi connectivity index (χ4v) is 1.90. The summed E-state index contributed by atoms with van der Waals surface area (Å²) in [4.78, 5) is 24.8. The highest BCUT2D eigenvalue weighted by atomic mass is 19.2. The number of nitrogens with zero attached hydrogens (tertiary/aromatic N) is 1. The van der Waals surface area contributed by atoms with E-state index in [0.717, 1.165) is 18.2 Å². The Hall–Kier alpha value is -2.44. The van der Waals surface area contributed by atoms with Crippen LogP contribution in [-0.2, 0) is 25.6 Å². The van der Waals surface area contributed by atoms with Crippen molar-refractivity contribution in [2.24, 2.45) is 0 Å². The third kappa shape index (κ3) is 3.60. The standard InChI is InChI=1S/C15H15F2NO4/c1-15(2)21-12(14(20)22-15)7-13(19)18(3)8-9-4-5-10(16)11(17)6-9/h4-7H,8H2,1-3H3/b12-7+. The Bertz CT molecular complexity index is 655. The van der Waals surface area contributed by atoms with Gasteiger partial charge < -0.3 is 14.4 Å². The van der Waals surface area contributed by atoms with E-state index in [9.17, 15) is 18.4 Å². The molecule has 0 unspecified atom stereocenters. The van der Waals surface area contributed by atoms with Crippen LogP contribution in [0.15, 0.2) is 30.0 Å². The number of rotatable bonds is 3. The van der Waals surface area contributed by atoms with E-state index in [1.807, 2.05) is 0 Å². The van der Waals surface area contributed by atoms with Gasteiger partial charge in [-0.1, -0.05) is 6.07 Å². The van der Waals surface area contributed by atoms with Gasteiger partial charge in [0.1, 0.15) is 0 Å². The lowest BCUT2D eigenvalue weighted by atomic mass is 10.2. The van der Waals surface area contributed by atoms with Crippen LogP contribution in [-0.4, -0.2) is 29.6 Å². The van der Waals surface area contributed by atoms with Crippen molar-refractivity contribution >= 4 is 11.9 Å². The molecule has 0 radical (unpaired) electrons. The van der Waals surface area contributed by atoms with E-state index >= 15 is 0 Å². The molecule has 1 fully saturated rings. The van der Waals surface area contributed by atoms with Crippen molar-refractivity contribution in [1.82, 2.24) is 4.90 Å². The van der Waals surface area contributed by atoms with Gasteiger partial charge in [-0.3, -0.25) is 4.79 Å². The number of benzene rings is 1. The van der Waals surface area contributed by atoms with Gasteiger partial charge in [-0.05, 0) is 17.7 Å². The summed E-state index contributed by atoms with van der Waals surface area (Å²) in [6.45, 7) is 3.14. The topological polar surface area (TPSA) is 55.8 Å². The molecule has 0 spiro atoms. The summed E-state index contributed by atoms with van der Waals surface area (Å²) in [6.07, 6.45) is 1.01. The van der Waals surface area contributed by atoms with E-state index in [-0.39, 0.29) is 12.3 Å². The first-order valence-electron chi connectivity index (χ1n) is 6.51. The maximum absolute atomic E-state index is 13.1. The van der Waals surface area contributed by atoms with Crippen LogP contribution in [0.3, 0.4) is 0 Å². The van der Waals surface area contributed by atoms with Gasteiger partial charge in [-0.25, -0.2) is 13.6 Å². The van der Waals surface area contributed by atoms with Crippen LogP contribution in [0.4, 0.5) is 8.78 Å². The molecule has 7 heteroatoms. The number of ether oxygens (including phenoxy) is 2. The highest BCUT2D eigenvalue weighted by Gasteiger charge is 2.37. The summed E-state index contributed by atoms with van der Waals surface area (Å²) < 4.78 is 36.1. The fourth-order valence-electron chi connectivity index (χ4n) is 1.90. The van der Waals surface area contributed by atoms with E-state index < -0.39 is 29.3 Å². The largest absolute Gasteiger partial charge is 0.445 e. The minimum atomic E-state index is -1.11. The SMILES string of the molecule is CN(Cc1ccc(F)c(F)c1)C(=O)/C=C1/OC(C)(C)OC1=O. The molecule has 0 N–H and O–H groups in total. The molecule has 1 amide bonds. The molecule has 0 aromatic heterocycles. The first-order valence-corrected chi connectivity index (χ1v) is 6.51. The average Bonchev–Trinajstić information content (AvgIpc) is 2.66. The van der Waals surface area contributed by atoms with E-state index in [1.54, 1.807) is 13.8 Å². The van der Waals surface area contributed by atoms with Crippen molar-refractivity contribution in [2.75, 3.05) is 7.05 Å². The zero-order valence-corrected chi connectivity index (χ0v) is 12.4. The van der Waals surface area contributed by atoms with Crippen LogP contribution < -0.4 is 0 Å². The lowest BCUT2D eigenvalue weighted by molar-refractivity contribution is -0.159. The van der Waals surface area contributed by atoms with Crippen molar-refractivity contribution in [1.29, 1.82) is 0 Å². The number of hydrogen-bond acceptors (Lipinski definition) is 4. The van der Waals surface area contributed by atoms with E-state index in [1.165, 1.54) is 18.0 Å². The predicted molar refractivity (Wildman–Crippen MR) is 72.2 cm³/mol. The Labute approximate surface area is 126 Å². The molecule has 1 aliphatic rings. The molecule has 2 rings (SSSR count). The number of amides is 1. The normalized spacial score (nSPS) is 18.0. The van der Waals surface area contributed by atoms with Crippen LogP contribution in [0.25, 0.3) is 0 Å². The maximum atomic E-state index is 13.1. The Balaban J connectivity index is 2.06. The minimum absolute atomic E-state index is 0.0538. The summed E-state index contributed by atoms with van der Waals surface area (Å²) in [5.41, 5.74) is 0.420. The van der Waals surface area contributed by atoms with Gasteiger partial charge in [0, 0.05) is 27.4 Å². The fraction of sp³-hybridized carbons (Fsp3) is 0.333. The number of likely N-dealkylation sites (N-methyl/N-ethyl adjacent to an activating group) is 1. The van der Waals surface area contributed by atoms with Crippen molar-refractivity contribution in [3.05, 3.63) is 47.2 Å². The molecule has 0 atom stereocenters. The first-order chi connectivity index (χ1) is 10.2. The average molecular weight is 311 g/mol. The molecule has 1 saturated heterocycles. The van der Waals surface area contributed by atoms with Gasteiger partial charge in [0.15, 0.2) is 11.6 Å². The second-order valence-corrected chi connectivity index (χ2v) is 5.34. The van der Waals surface area contributed by atoms with E-state index in [0.29, 0.717) is 5.56 Å². The van der Waals surface area contributed by atoms with E-state index in [2.05, 4.69) is 0 Å². The van der Waals surface area contributed by atoms with Crippen molar-refractivity contribution in [2.45, 2.75) is 26.2 Å². The van der Waals surface area contributed by atoms with Crippen LogP contribution in [0.5, 0.6) is 0 Å². The summed E-state index contributed by atoms with van der Waals surface area (Å²) in [7, 11) is 1.46. The van der Waals surface area contributed by atoms with Gasteiger partial charge in [0.25, 0.3) is 5.91 Å². The number of cyclic esters (lactones) is 1. The number of carbonyl (C=O) groups excluding carboxylic acids is 2. The molecule has 1 aromatic carbocycles. The smallest absolute Gasteiger partial charge is 0.377 e. The molecule has 1 heterocycles. The summed E-state index contributed by atoms with van der Waals surface area (Å²) in [5, 5.41) is 0. The lowest BCUT2D eigenvalue weighted by Gasteiger charge is -2.16. The van der Waals surface area contributed by atoms with Crippen LogP contribution >= 0.6 is 0 Å². The third-order valence-electron chi connectivity index (χ3n) is 2.93. The Morgan fingerprint density at radius 1 is 1.27 bits per heavy atom. The predicted octanol–water partition coefficient (Wildman–Crippen LogP) is 2.12. The van der Waals surface area contributed by atoms with Gasteiger partial charge in [-0.15, -0.1) is 0 Å². The Morgan fingerprint density at radius 2 is 1.95 bits per heavy atom. The highest BCUT2D eigenvalue weighted by Crippen LogP contribution is 2.26. The summed E-state index contributed by atoms with van der Waals surface area (Å²) in [5.74, 6) is -4.48. The lowest BCUT2D eigenvalue weighted by Crippen LogP contribution is -2.25. The number of halogens is 2. The molecular weight excluding hydrogens is 296 g/mol. The molecule has 1 aromatic rings. The second kappa shape index (κ2) is 5.75. The van der Waals surface area contributed by atoms with Crippen molar-refractivity contribution in [3.63, 3.8) is 0 Å². The molecule has 22 heavy (non-hydrogen) atoms. The van der Waals surface area contributed by atoms with Crippen molar-refractivity contribution in [3.8, 4) is 0 Å². The number of carbonyl (C=O) groups is 2. The molecular formula is C15H15F2NO4. The Kier molecular flexibility index (Phi) is 4.16. The van der Waals surface area contributed by atoms with Crippen LogP contribution in [0.2, 0.25) is 0 Å². The monoisotopic (exact) mass is 311 g/mol. The van der Waals surface area contributed by atoms with Gasteiger partial charge in [0.05, 0.1) is 6.08 Å². The molecule has 118 valence electrons. The molecule has 0 saturated carbocycles. The zero-order valence-electron chi connectivity index (χ0n) is 12.4. The van der Waals surface area contributed by atoms with Crippen LogP contribution in [0, 0.1) is 11.6 Å². The number of esters is 1. The molecule has 0 aliphatic carbocycles. The van der Waals surface area contributed by atoms with E-state index in [4.69, 9.17) is 9.47 Å².